The smallest absolute Gasteiger partial charge is 0.264 e. The molecule has 0 bridgehead atoms. The number of anilines is 2. The number of benzene rings is 2. The molecule has 1 saturated carbocycles. The van der Waals surface area contributed by atoms with E-state index in [0.29, 0.717) is 30.8 Å². The fourth-order valence-electron chi connectivity index (χ4n) is 4.17. The molecule has 1 aliphatic carbocycles. The average molecular weight is 429 g/mol. The van der Waals surface area contributed by atoms with Gasteiger partial charge in [-0.1, -0.05) is 19.1 Å². The molecular weight excluding hydrogens is 400 g/mol. The van der Waals surface area contributed by atoms with E-state index in [1.54, 1.807) is 30.3 Å². The van der Waals surface area contributed by atoms with Crippen molar-refractivity contribution in [3.05, 3.63) is 48.0 Å². The number of fused-ring (bicyclic) bond motifs is 1. The Hall–Kier alpha value is -2.54. The van der Waals surface area contributed by atoms with Crippen LogP contribution < -0.4 is 13.9 Å². The number of hydrogen-bond acceptors (Lipinski definition) is 4. The molecule has 1 aliphatic heterocycles. The van der Waals surface area contributed by atoms with Crippen LogP contribution >= 0.6 is 0 Å². The molecule has 2 aliphatic rings. The number of methoxy groups -OCH3 is 1. The molecule has 0 spiro atoms. The van der Waals surface area contributed by atoms with Gasteiger partial charge in [0.05, 0.1) is 17.7 Å². The molecule has 2 aromatic rings. The van der Waals surface area contributed by atoms with Gasteiger partial charge in [-0.15, -0.1) is 0 Å². The molecule has 30 heavy (non-hydrogen) atoms. The van der Waals surface area contributed by atoms with Crippen molar-refractivity contribution in [2.45, 2.75) is 50.5 Å². The number of para-hydroxylation sites is 2. The second kappa shape index (κ2) is 7.95. The first kappa shape index (κ1) is 20.7. The lowest BCUT2D eigenvalue weighted by molar-refractivity contribution is -0.120. The molecule has 1 atom stereocenters. The molecule has 6 nitrogen and oxygen atoms in total. The van der Waals surface area contributed by atoms with E-state index in [-0.39, 0.29) is 22.8 Å². The Morgan fingerprint density at radius 2 is 1.93 bits per heavy atom. The standard InChI is InChI=1S/C23H28N2O4S/c1-4-13-24(21-7-5-6-8-22(21)29-3)30(27,28)19-11-12-20-18(15-19)14-16(2)25(20)23(26)17-9-10-17/h5-8,11-12,15-17H,4,9-10,13-14H2,1-3H3. The highest BCUT2D eigenvalue weighted by Gasteiger charge is 2.40. The summed E-state index contributed by atoms with van der Waals surface area (Å²) in [6.45, 7) is 4.32. The lowest BCUT2D eigenvalue weighted by atomic mass is 10.1. The zero-order chi connectivity index (χ0) is 21.5. The largest absolute Gasteiger partial charge is 0.495 e. The summed E-state index contributed by atoms with van der Waals surface area (Å²) in [6.07, 6.45) is 3.24. The van der Waals surface area contributed by atoms with E-state index in [1.165, 1.54) is 11.4 Å². The number of amides is 1. The van der Waals surface area contributed by atoms with Crippen LogP contribution in [-0.2, 0) is 21.2 Å². The first-order chi connectivity index (χ1) is 14.4. The molecular formula is C23H28N2O4S. The van der Waals surface area contributed by atoms with Crippen molar-refractivity contribution in [3.8, 4) is 5.75 Å². The highest BCUT2D eigenvalue weighted by Crippen LogP contribution is 2.40. The van der Waals surface area contributed by atoms with Crippen LogP contribution in [0, 0.1) is 5.92 Å². The van der Waals surface area contributed by atoms with Crippen LogP contribution in [0.1, 0.15) is 38.7 Å². The Balaban J connectivity index is 1.72. The number of nitrogens with zero attached hydrogens (tertiary/aromatic N) is 2. The van der Waals surface area contributed by atoms with Crippen molar-refractivity contribution in [3.63, 3.8) is 0 Å². The van der Waals surface area contributed by atoms with Crippen LogP contribution in [0.25, 0.3) is 0 Å². The van der Waals surface area contributed by atoms with Gasteiger partial charge in [-0.3, -0.25) is 9.10 Å². The fourth-order valence-corrected chi connectivity index (χ4v) is 5.79. The Kier molecular flexibility index (Phi) is 5.49. The van der Waals surface area contributed by atoms with Gasteiger partial charge in [-0.25, -0.2) is 8.42 Å². The van der Waals surface area contributed by atoms with Crippen LogP contribution in [0.5, 0.6) is 5.75 Å². The topological polar surface area (TPSA) is 66.9 Å². The Morgan fingerprint density at radius 3 is 2.60 bits per heavy atom. The summed E-state index contributed by atoms with van der Waals surface area (Å²) in [6, 6.07) is 12.3. The minimum absolute atomic E-state index is 0.0482. The lowest BCUT2D eigenvalue weighted by Crippen LogP contribution is -2.36. The first-order valence-corrected chi connectivity index (χ1v) is 11.9. The van der Waals surface area contributed by atoms with Crippen LogP contribution in [0.2, 0.25) is 0 Å². The maximum atomic E-state index is 13.6. The van der Waals surface area contributed by atoms with E-state index in [4.69, 9.17) is 4.74 Å². The number of carbonyl (C=O) groups is 1. The number of ether oxygens (including phenoxy) is 1. The Bertz CT molecular complexity index is 1060. The minimum atomic E-state index is -3.78. The van der Waals surface area contributed by atoms with Gasteiger partial charge in [0.15, 0.2) is 0 Å². The van der Waals surface area contributed by atoms with Gasteiger partial charge in [0.25, 0.3) is 10.0 Å². The van der Waals surface area contributed by atoms with Crippen molar-refractivity contribution in [2.75, 3.05) is 22.9 Å². The summed E-state index contributed by atoms with van der Waals surface area (Å²) < 4.78 is 34.0. The number of sulfonamides is 1. The van der Waals surface area contributed by atoms with Gasteiger partial charge >= 0.3 is 0 Å². The van der Waals surface area contributed by atoms with Crippen molar-refractivity contribution in [1.82, 2.24) is 0 Å². The van der Waals surface area contributed by atoms with Gasteiger partial charge in [-0.05, 0) is 68.5 Å². The second-order valence-electron chi connectivity index (χ2n) is 8.08. The molecule has 0 N–H and O–H groups in total. The summed E-state index contributed by atoms with van der Waals surface area (Å²) in [5, 5.41) is 0. The van der Waals surface area contributed by atoms with Gasteiger partial charge in [0.2, 0.25) is 5.91 Å². The van der Waals surface area contributed by atoms with Crippen molar-refractivity contribution < 1.29 is 17.9 Å². The van der Waals surface area contributed by atoms with Crippen LogP contribution in [0.15, 0.2) is 47.4 Å². The third-order valence-corrected chi connectivity index (χ3v) is 7.61. The summed E-state index contributed by atoms with van der Waals surface area (Å²) in [5.74, 6) is 0.816. The van der Waals surface area contributed by atoms with Gasteiger partial charge in [-0.2, -0.15) is 0 Å². The summed E-state index contributed by atoms with van der Waals surface area (Å²) in [4.78, 5) is 14.8. The average Bonchev–Trinajstić information content (AvgIpc) is 3.53. The van der Waals surface area contributed by atoms with Gasteiger partial charge in [0, 0.05) is 24.2 Å². The molecule has 7 heteroatoms. The summed E-state index contributed by atoms with van der Waals surface area (Å²) in [7, 11) is -2.24. The summed E-state index contributed by atoms with van der Waals surface area (Å²) >= 11 is 0. The van der Waals surface area contributed by atoms with Gasteiger partial charge < -0.3 is 9.64 Å². The highest BCUT2D eigenvalue weighted by atomic mass is 32.2. The maximum absolute atomic E-state index is 13.6. The predicted molar refractivity (Wildman–Crippen MR) is 118 cm³/mol. The minimum Gasteiger partial charge on any atom is -0.495 e. The molecule has 1 unspecified atom stereocenters. The van der Waals surface area contributed by atoms with E-state index in [1.807, 2.05) is 30.9 Å². The van der Waals surface area contributed by atoms with Crippen molar-refractivity contribution in [1.29, 1.82) is 0 Å². The fraction of sp³-hybridized carbons (Fsp3) is 0.435. The third-order valence-electron chi connectivity index (χ3n) is 5.80. The van der Waals surface area contributed by atoms with E-state index in [0.717, 1.165) is 24.1 Å². The van der Waals surface area contributed by atoms with Crippen LogP contribution in [0.4, 0.5) is 11.4 Å². The summed E-state index contributed by atoms with van der Waals surface area (Å²) in [5.41, 5.74) is 2.29. The van der Waals surface area contributed by atoms with Crippen molar-refractivity contribution in [2.24, 2.45) is 5.92 Å². The molecule has 0 saturated heterocycles. The molecule has 1 amide bonds. The van der Waals surface area contributed by atoms with E-state index in [2.05, 4.69) is 0 Å². The number of carbonyl (C=O) groups excluding carboxylic acids is 1. The molecule has 1 fully saturated rings. The monoisotopic (exact) mass is 428 g/mol. The van der Waals surface area contributed by atoms with E-state index < -0.39 is 10.0 Å². The molecule has 0 aromatic heterocycles. The normalized spacial score (nSPS) is 18.2. The maximum Gasteiger partial charge on any atom is 0.264 e. The van der Waals surface area contributed by atoms with E-state index >= 15 is 0 Å². The zero-order valence-electron chi connectivity index (χ0n) is 17.7. The SMILES string of the molecule is CCCN(c1ccccc1OC)S(=O)(=O)c1ccc2c(c1)CC(C)N2C(=O)C1CC1. The Morgan fingerprint density at radius 1 is 1.20 bits per heavy atom. The van der Waals surface area contributed by atoms with Crippen LogP contribution in [0.3, 0.4) is 0 Å². The van der Waals surface area contributed by atoms with Crippen LogP contribution in [-0.4, -0.2) is 34.0 Å². The lowest BCUT2D eigenvalue weighted by Gasteiger charge is -2.26. The molecule has 160 valence electrons. The molecule has 4 rings (SSSR count). The quantitative estimate of drug-likeness (QED) is 0.669. The third kappa shape index (κ3) is 3.55. The molecule has 1 heterocycles. The Labute approximate surface area is 178 Å². The van der Waals surface area contributed by atoms with Gasteiger partial charge in [0.1, 0.15) is 5.75 Å². The van der Waals surface area contributed by atoms with Crippen molar-refractivity contribution >= 4 is 27.3 Å². The molecule has 2 aromatic carbocycles. The molecule has 0 radical (unpaired) electrons. The van der Waals surface area contributed by atoms with E-state index in [9.17, 15) is 13.2 Å². The zero-order valence-corrected chi connectivity index (χ0v) is 18.5. The predicted octanol–water partition coefficient (Wildman–Crippen LogP) is 3.99. The highest BCUT2D eigenvalue weighted by molar-refractivity contribution is 7.92. The number of rotatable bonds is 7. The number of hydrogen-bond donors (Lipinski definition) is 0. The first-order valence-electron chi connectivity index (χ1n) is 10.5. The second-order valence-corrected chi connectivity index (χ2v) is 9.94.